The van der Waals surface area contributed by atoms with Crippen LogP contribution in [0.3, 0.4) is 0 Å². The van der Waals surface area contributed by atoms with Gasteiger partial charge < -0.3 is 33.8 Å². The first-order valence-electron chi connectivity index (χ1n) is 42.3. The van der Waals surface area contributed by atoms with Crippen molar-refractivity contribution in [2.24, 2.45) is 0 Å². The number of aliphatic hydroxyl groups is 1. The molecule has 0 amide bonds. The molecule has 2 unspecified atom stereocenters. The van der Waals surface area contributed by atoms with Crippen LogP contribution in [0.5, 0.6) is 0 Å². The van der Waals surface area contributed by atoms with Gasteiger partial charge in [-0.3, -0.25) is 37.3 Å². The summed E-state index contributed by atoms with van der Waals surface area (Å²) in [6, 6.07) is 0. The van der Waals surface area contributed by atoms with Crippen molar-refractivity contribution >= 4 is 39.5 Å². The molecular formula is C93H148O17P2. The molecule has 0 aliphatic carbocycles. The molecule has 0 aliphatic rings. The molecule has 632 valence electrons. The molecule has 0 radical (unpaired) electrons. The zero-order chi connectivity index (χ0) is 81.7. The largest absolute Gasteiger partial charge is 0.472 e. The Morgan fingerprint density at radius 1 is 0.259 bits per heavy atom. The first kappa shape index (κ1) is 106. The van der Waals surface area contributed by atoms with Gasteiger partial charge in [0, 0.05) is 25.7 Å². The second kappa shape index (κ2) is 82.6. The van der Waals surface area contributed by atoms with Crippen LogP contribution in [0.25, 0.3) is 0 Å². The van der Waals surface area contributed by atoms with Gasteiger partial charge in [-0.15, -0.1) is 0 Å². The number of carbonyl (C=O) groups is 4. The van der Waals surface area contributed by atoms with Gasteiger partial charge in [-0.25, -0.2) is 9.13 Å². The summed E-state index contributed by atoms with van der Waals surface area (Å²) in [7, 11) is -10.0. The van der Waals surface area contributed by atoms with Crippen LogP contribution in [0.4, 0.5) is 0 Å². The average molecular weight is 1600 g/mol. The minimum absolute atomic E-state index is 0.0192. The highest BCUT2D eigenvalue weighted by Gasteiger charge is 2.30. The zero-order valence-corrected chi connectivity index (χ0v) is 71.0. The third-order valence-corrected chi connectivity index (χ3v) is 18.6. The number of aliphatic hydroxyl groups excluding tert-OH is 1. The monoisotopic (exact) mass is 1600 g/mol. The van der Waals surface area contributed by atoms with E-state index in [4.69, 9.17) is 37.0 Å². The van der Waals surface area contributed by atoms with Gasteiger partial charge in [0.2, 0.25) is 0 Å². The molecule has 0 aromatic carbocycles. The lowest BCUT2D eigenvalue weighted by Crippen LogP contribution is -2.30. The van der Waals surface area contributed by atoms with Crippen molar-refractivity contribution in [3.63, 3.8) is 0 Å². The number of allylic oxidation sites excluding steroid dienone is 34. The Hall–Kier alpha value is -6.36. The first-order chi connectivity index (χ1) is 54.7. The van der Waals surface area contributed by atoms with Crippen LogP contribution in [-0.4, -0.2) is 96.7 Å². The molecule has 0 saturated carbocycles. The van der Waals surface area contributed by atoms with Gasteiger partial charge in [0.25, 0.3) is 0 Å². The summed E-state index contributed by atoms with van der Waals surface area (Å²) in [5, 5.41) is 10.7. The molecule has 0 saturated heterocycles. The lowest BCUT2D eigenvalue weighted by atomic mass is 10.1. The van der Waals surface area contributed by atoms with E-state index in [-0.39, 0.29) is 25.7 Å². The molecule has 0 heterocycles. The van der Waals surface area contributed by atoms with Crippen LogP contribution in [0.1, 0.15) is 297 Å². The smallest absolute Gasteiger partial charge is 0.462 e. The highest BCUT2D eigenvalue weighted by atomic mass is 31.2. The maximum absolute atomic E-state index is 13.1. The molecule has 0 bridgehead atoms. The molecule has 17 nitrogen and oxygen atoms in total. The number of ether oxygens (including phenoxy) is 4. The van der Waals surface area contributed by atoms with Gasteiger partial charge in [-0.05, 0) is 180 Å². The first-order valence-corrected chi connectivity index (χ1v) is 45.3. The second-order valence-electron chi connectivity index (χ2n) is 27.3. The van der Waals surface area contributed by atoms with Crippen molar-refractivity contribution in [3.05, 3.63) is 207 Å². The number of phosphoric acid groups is 2. The third kappa shape index (κ3) is 81.6. The summed E-state index contributed by atoms with van der Waals surface area (Å²) in [4.78, 5) is 73.2. The van der Waals surface area contributed by atoms with Crippen LogP contribution in [-0.2, 0) is 65.4 Å². The van der Waals surface area contributed by atoms with Crippen molar-refractivity contribution in [2.45, 2.75) is 316 Å². The maximum atomic E-state index is 13.1. The molecule has 0 aromatic heterocycles. The van der Waals surface area contributed by atoms with E-state index in [9.17, 15) is 43.2 Å². The molecule has 0 spiro atoms. The fourth-order valence-electron chi connectivity index (χ4n) is 10.4. The van der Waals surface area contributed by atoms with E-state index in [2.05, 4.69) is 216 Å². The maximum Gasteiger partial charge on any atom is 0.472 e. The van der Waals surface area contributed by atoms with E-state index in [0.717, 1.165) is 173 Å². The number of unbranched alkanes of at least 4 members (excludes halogenated alkanes) is 17. The van der Waals surface area contributed by atoms with E-state index in [1.54, 1.807) is 0 Å². The number of esters is 4. The van der Waals surface area contributed by atoms with Crippen molar-refractivity contribution in [3.8, 4) is 0 Å². The normalized spacial score (nSPS) is 14.8. The Kier molecular flexibility index (Phi) is 77.9. The number of hydrogen-bond acceptors (Lipinski definition) is 15. The molecule has 0 aromatic rings. The van der Waals surface area contributed by atoms with Gasteiger partial charge in [0.05, 0.1) is 26.4 Å². The van der Waals surface area contributed by atoms with E-state index in [0.29, 0.717) is 32.1 Å². The molecule has 0 aliphatic heterocycles. The van der Waals surface area contributed by atoms with Gasteiger partial charge in [-0.2, -0.15) is 0 Å². The quantitative estimate of drug-likeness (QED) is 0.0169. The van der Waals surface area contributed by atoms with Crippen LogP contribution in [0.2, 0.25) is 0 Å². The fourth-order valence-corrected chi connectivity index (χ4v) is 12.0. The van der Waals surface area contributed by atoms with Crippen LogP contribution in [0, 0.1) is 0 Å². The minimum atomic E-state index is -5.02. The summed E-state index contributed by atoms with van der Waals surface area (Å²) in [5.74, 6) is -2.37. The topological polar surface area (TPSA) is 237 Å². The van der Waals surface area contributed by atoms with E-state index >= 15 is 0 Å². The van der Waals surface area contributed by atoms with Crippen molar-refractivity contribution < 1.29 is 80.2 Å². The average Bonchev–Trinajstić information content (AvgIpc) is 0.898. The standard InChI is InChI=1S/C93H148O17P2/c1-5-9-13-17-21-25-29-33-37-40-43-46-50-53-57-61-65-69-73-77-90(95)103-83-88(109-92(97)79-75-71-67-63-59-55-49-36-32-28-24-20-16-12-8-4)85-107-111(99,100)105-81-87(94)82-106-112(101,102)108-86-89(110-93(98)80-76-72-68-64-60-56-52-48-45-42-39-35-31-27-23-19-15-11-7-3)84-104-91(96)78-74-70-66-62-58-54-51-47-44-41-38-34-30-26-22-18-14-10-6-2/h9-11,13-15,21-23,25-27,33-39,43-49,53-54,56-58,60,66,70,87-89,94H,5-8,12,16-20,24,28-32,40-42,50-52,55,59,61-65,67-69,71-86H2,1-4H3,(H,99,100)(H,101,102)/b13-9-,14-10-,15-11-,25-21-,26-22-,27-23-,37-33-,38-34-,39-35-,46-43-,47-44-,48-45-,49-36-,57-53-,58-54-,60-56-,70-66-/t87-,88+,89+/m0/s1. The molecule has 112 heavy (non-hydrogen) atoms. The zero-order valence-electron chi connectivity index (χ0n) is 69.3. The molecule has 19 heteroatoms. The lowest BCUT2D eigenvalue weighted by Gasteiger charge is -2.21. The number of hydrogen-bond donors (Lipinski definition) is 3. The fraction of sp³-hybridized carbons (Fsp3) is 0.591. The van der Waals surface area contributed by atoms with Crippen molar-refractivity contribution in [1.82, 2.24) is 0 Å². The summed E-state index contributed by atoms with van der Waals surface area (Å²) in [6.07, 6.45) is 104. The van der Waals surface area contributed by atoms with Crippen LogP contribution in [0.15, 0.2) is 207 Å². The Balaban J connectivity index is 5.54. The number of phosphoric ester groups is 2. The lowest BCUT2D eigenvalue weighted by molar-refractivity contribution is -0.161. The predicted molar refractivity (Wildman–Crippen MR) is 463 cm³/mol. The van der Waals surface area contributed by atoms with Gasteiger partial charge >= 0.3 is 39.5 Å². The molecule has 3 N–H and O–H groups in total. The van der Waals surface area contributed by atoms with Crippen molar-refractivity contribution in [1.29, 1.82) is 0 Å². The van der Waals surface area contributed by atoms with Gasteiger partial charge in [0.1, 0.15) is 19.3 Å². The van der Waals surface area contributed by atoms with Gasteiger partial charge in [0.15, 0.2) is 12.2 Å². The Morgan fingerprint density at radius 3 is 0.786 bits per heavy atom. The summed E-state index contributed by atoms with van der Waals surface area (Å²) < 4.78 is 68.7. The molecule has 0 rings (SSSR count). The second-order valence-corrected chi connectivity index (χ2v) is 30.2. The summed E-state index contributed by atoms with van der Waals surface area (Å²) in [5.41, 5.74) is 0. The Labute approximate surface area is 678 Å². The predicted octanol–water partition coefficient (Wildman–Crippen LogP) is 25.4. The summed E-state index contributed by atoms with van der Waals surface area (Å²) >= 11 is 0. The Morgan fingerprint density at radius 2 is 0.482 bits per heavy atom. The van der Waals surface area contributed by atoms with E-state index < -0.39 is 97.5 Å². The third-order valence-electron chi connectivity index (χ3n) is 16.7. The van der Waals surface area contributed by atoms with Crippen LogP contribution >= 0.6 is 15.6 Å². The van der Waals surface area contributed by atoms with E-state index in [1.807, 2.05) is 18.2 Å². The highest BCUT2D eigenvalue weighted by molar-refractivity contribution is 7.47. The highest BCUT2D eigenvalue weighted by Crippen LogP contribution is 2.45. The molecular weight excluding hydrogens is 1450 g/mol. The molecule has 5 atom stereocenters. The molecule has 0 fully saturated rings. The van der Waals surface area contributed by atoms with E-state index in [1.165, 1.54) is 38.5 Å². The van der Waals surface area contributed by atoms with Crippen LogP contribution < -0.4 is 0 Å². The van der Waals surface area contributed by atoms with Crippen molar-refractivity contribution in [2.75, 3.05) is 39.6 Å². The SMILES string of the molecule is CC/C=C\C/C=C\C/C=C\C/C=C\C/C=C\C/C=C\CCC(=O)OC[C@H](COP(=O)(O)OC[C@@H](O)COP(=O)(O)OC[C@@H](COC(=O)CCCCC/C=C\C/C=C\C/C=C\C/C=C\C/C=C\CC)OC(=O)CCCCCCC/C=C\CCCCCCCC)OC(=O)CCCCC/C=C\C/C=C\C/C=C\C/C=C\C/C=C\CC. The number of rotatable bonds is 77. The number of carbonyl (C=O) groups excluding carboxylic acids is 4. The minimum Gasteiger partial charge on any atom is -0.462 e. The van der Waals surface area contributed by atoms with Gasteiger partial charge in [-0.1, -0.05) is 298 Å². The Bertz CT molecular complexity index is 2940. The summed E-state index contributed by atoms with van der Waals surface area (Å²) in [6.45, 7) is 4.35.